The van der Waals surface area contributed by atoms with E-state index in [9.17, 15) is 13.2 Å². The standard InChI is InChI=1S/C13H14F3N3/c1-9-8-10(4-6-17)2-3-11(9)19-7-5-12(18-19)13(14,15)16/h2-3,5,7-8H,4,6,17H2,1H3. The minimum Gasteiger partial charge on any atom is -0.330 e. The van der Waals surface area contributed by atoms with Gasteiger partial charge in [0.2, 0.25) is 0 Å². The molecule has 0 unspecified atom stereocenters. The highest BCUT2D eigenvalue weighted by molar-refractivity contribution is 5.42. The van der Waals surface area contributed by atoms with E-state index in [1.807, 2.05) is 19.1 Å². The Bertz CT molecular complexity index is 573. The predicted octanol–water partition coefficient (Wildman–Crippen LogP) is 2.70. The first-order chi connectivity index (χ1) is 8.91. The van der Waals surface area contributed by atoms with E-state index in [-0.39, 0.29) is 0 Å². The lowest BCUT2D eigenvalue weighted by Crippen LogP contribution is -2.08. The van der Waals surface area contributed by atoms with Gasteiger partial charge < -0.3 is 5.73 Å². The summed E-state index contributed by atoms with van der Waals surface area (Å²) in [5.74, 6) is 0. The summed E-state index contributed by atoms with van der Waals surface area (Å²) in [6.45, 7) is 2.38. The lowest BCUT2D eigenvalue weighted by Gasteiger charge is -2.08. The maximum absolute atomic E-state index is 12.5. The first kappa shape index (κ1) is 13.6. The van der Waals surface area contributed by atoms with Crippen LogP contribution < -0.4 is 5.73 Å². The number of halogens is 3. The summed E-state index contributed by atoms with van der Waals surface area (Å²) in [5, 5.41) is 3.56. The third kappa shape index (κ3) is 2.96. The van der Waals surface area contributed by atoms with Crippen molar-refractivity contribution in [2.75, 3.05) is 6.54 Å². The highest BCUT2D eigenvalue weighted by Crippen LogP contribution is 2.28. The van der Waals surface area contributed by atoms with Crippen molar-refractivity contribution in [1.29, 1.82) is 0 Å². The molecular weight excluding hydrogens is 255 g/mol. The van der Waals surface area contributed by atoms with Gasteiger partial charge in [0.25, 0.3) is 0 Å². The van der Waals surface area contributed by atoms with Crippen LogP contribution in [0.5, 0.6) is 0 Å². The average molecular weight is 269 g/mol. The molecule has 0 atom stereocenters. The Balaban J connectivity index is 2.34. The van der Waals surface area contributed by atoms with Crippen LogP contribution in [0.25, 0.3) is 5.69 Å². The number of nitrogens with two attached hydrogens (primary N) is 1. The zero-order valence-corrected chi connectivity index (χ0v) is 10.4. The van der Waals surface area contributed by atoms with E-state index in [0.29, 0.717) is 12.2 Å². The van der Waals surface area contributed by atoms with Crippen LogP contribution in [0.3, 0.4) is 0 Å². The van der Waals surface area contributed by atoms with Crippen LogP contribution in [-0.4, -0.2) is 16.3 Å². The molecule has 1 aromatic heterocycles. The van der Waals surface area contributed by atoms with Gasteiger partial charge >= 0.3 is 6.18 Å². The van der Waals surface area contributed by atoms with Gasteiger partial charge in [0.15, 0.2) is 5.69 Å². The Hall–Kier alpha value is -1.82. The Morgan fingerprint density at radius 1 is 1.26 bits per heavy atom. The Labute approximate surface area is 108 Å². The van der Waals surface area contributed by atoms with Crippen molar-refractivity contribution in [3.05, 3.63) is 47.3 Å². The smallest absolute Gasteiger partial charge is 0.330 e. The highest BCUT2D eigenvalue weighted by atomic mass is 19.4. The summed E-state index contributed by atoms with van der Waals surface area (Å²) in [4.78, 5) is 0. The fourth-order valence-electron chi connectivity index (χ4n) is 1.91. The van der Waals surface area contributed by atoms with Crippen LogP contribution >= 0.6 is 0 Å². The minimum atomic E-state index is -4.42. The van der Waals surface area contributed by atoms with Crippen molar-refractivity contribution in [3.63, 3.8) is 0 Å². The van der Waals surface area contributed by atoms with E-state index in [2.05, 4.69) is 5.10 Å². The van der Waals surface area contributed by atoms with Crippen molar-refractivity contribution in [1.82, 2.24) is 9.78 Å². The highest BCUT2D eigenvalue weighted by Gasteiger charge is 2.33. The molecule has 102 valence electrons. The Morgan fingerprint density at radius 3 is 2.53 bits per heavy atom. The molecule has 0 saturated carbocycles. The lowest BCUT2D eigenvalue weighted by molar-refractivity contribution is -0.141. The quantitative estimate of drug-likeness (QED) is 0.931. The second-order valence-electron chi connectivity index (χ2n) is 4.30. The summed E-state index contributed by atoms with van der Waals surface area (Å²) >= 11 is 0. The van der Waals surface area contributed by atoms with Crippen molar-refractivity contribution >= 4 is 0 Å². The number of hydrogen-bond donors (Lipinski definition) is 1. The number of rotatable bonds is 3. The molecule has 3 nitrogen and oxygen atoms in total. The molecule has 0 amide bonds. The molecule has 0 aliphatic carbocycles. The maximum atomic E-state index is 12.5. The SMILES string of the molecule is Cc1cc(CCN)ccc1-n1ccc(C(F)(F)F)n1. The van der Waals surface area contributed by atoms with E-state index in [0.717, 1.165) is 23.6 Å². The van der Waals surface area contributed by atoms with Gasteiger partial charge in [-0.25, -0.2) is 4.68 Å². The van der Waals surface area contributed by atoms with Crippen LogP contribution in [0, 0.1) is 6.92 Å². The summed E-state index contributed by atoms with van der Waals surface area (Å²) in [6, 6.07) is 6.49. The molecule has 0 aliphatic heterocycles. The molecule has 0 radical (unpaired) electrons. The van der Waals surface area contributed by atoms with Crippen LogP contribution in [0.15, 0.2) is 30.5 Å². The third-order valence-electron chi connectivity index (χ3n) is 2.82. The topological polar surface area (TPSA) is 43.8 Å². The van der Waals surface area contributed by atoms with E-state index in [1.165, 1.54) is 10.9 Å². The van der Waals surface area contributed by atoms with Crippen LogP contribution in [0.4, 0.5) is 13.2 Å². The van der Waals surface area contributed by atoms with E-state index >= 15 is 0 Å². The van der Waals surface area contributed by atoms with Crippen molar-refractivity contribution in [2.24, 2.45) is 5.73 Å². The van der Waals surface area contributed by atoms with Crippen molar-refractivity contribution < 1.29 is 13.2 Å². The van der Waals surface area contributed by atoms with E-state index in [4.69, 9.17) is 5.73 Å². The van der Waals surface area contributed by atoms with Gasteiger partial charge in [0, 0.05) is 6.20 Å². The Morgan fingerprint density at radius 2 is 2.00 bits per heavy atom. The van der Waals surface area contributed by atoms with Crippen LogP contribution in [0.2, 0.25) is 0 Å². The average Bonchev–Trinajstić information content (AvgIpc) is 2.78. The van der Waals surface area contributed by atoms with Crippen molar-refractivity contribution in [2.45, 2.75) is 19.5 Å². The van der Waals surface area contributed by atoms with Gasteiger partial charge in [-0.15, -0.1) is 0 Å². The zero-order valence-electron chi connectivity index (χ0n) is 10.4. The molecule has 0 saturated heterocycles. The molecule has 2 N–H and O–H groups in total. The molecule has 1 heterocycles. The molecule has 0 bridgehead atoms. The molecule has 0 fully saturated rings. The van der Waals surface area contributed by atoms with Crippen molar-refractivity contribution in [3.8, 4) is 5.69 Å². The first-order valence-electron chi connectivity index (χ1n) is 5.84. The largest absolute Gasteiger partial charge is 0.435 e. The fraction of sp³-hybridized carbons (Fsp3) is 0.308. The monoisotopic (exact) mass is 269 g/mol. The zero-order chi connectivity index (χ0) is 14.0. The van der Waals surface area contributed by atoms with E-state index < -0.39 is 11.9 Å². The Kier molecular flexibility index (Phi) is 3.61. The van der Waals surface area contributed by atoms with Gasteiger partial charge in [-0.05, 0) is 43.1 Å². The molecule has 2 rings (SSSR count). The maximum Gasteiger partial charge on any atom is 0.435 e. The van der Waals surface area contributed by atoms with Gasteiger partial charge in [0.05, 0.1) is 5.69 Å². The molecule has 0 spiro atoms. The number of benzene rings is 1. The lowest BCUT2D eigenvalue weighted by atomic mass is 10.1. The molecule has 19 heavy (non-hydrogen) atoms. The fourth-order valence-corrected chi connectivity index (χ4v) is 1.91. The number of aryl methyl sites for hydroxylation is 1. The second-order valence-corrected chi connectivity index (χ2v) is 4.30. The molecule has 1 aromatic carbocycles. The first-order valence-corrected chi connectivity index (χ1v) is 5.84. The van der Waals surface area contributed by atoms with Gasteiger partial charge in [0.1, 0.15) is 0 Å². The van der Waals surface area contributed by atoms with Gasteiger partial charge in [-0.2, -0.15) is 18.3 Å². The molecular formula is C13H14F3N3. The number of alkyl halides is 3. The summed E-state index contributed by atoms with van der Waals surface area (Å²) < 4.78 is 38.7. The molecule has 2 aromatic rings. The summed E-state index contributed by atoms with van der Waals surface area (Å²) in [6.07, 6.45) is -2.36. The third-order valence-corrected chi connectivity index (χ3v) is 2.82. The van der Waals surface area contributed by atoms with E-state index in [1.54, 1.807) is 6.07 Å². The summed E-state index contributed by atoms with van der Waals surface area (Å²) in [5.41, 5.74) is 7.14. The molecule has 0 aliphatic rings. The number of hydrogen-bond acceptors (Lipinski definition) is 2. The number of aromatic nitrogens is 2. The minimum absolute atomic E-state index is 0.540. The second kappa shape index (κ2) is 5.05. The molecule has 6 heteroatoms. The van der Waals surface area contributed by atoms with Crippen LogP contribution in [-0.2, 0) is 12.6 Å². The number of nitrogens with zero attached hydrogens (tertiary/aromatic N) is 2. The summed E-state index contributed by atoms with van der Waals surface area (Å²) in [7, 11) is 0. The van der Waals surface area contributed by atoms with Gasteiger partial charge in [-0.1, -0.05) is 12.1 Å². The predicted molar refractivity (Wildman–Crippen MR) is 66.1 cm³/mol. The van der Waals surface area contributed by atoms with Gasteiger partial charge in [-0.3, -0.25) is 0 Å². The normalized spacial score (nSPS) is 11.8. The van der Waals surface area contributed by atoms with Crippen LogP contribution in [0.1, 0.15) is 16.8 Å².